The predicted molar refractivity (Wildman–Crippen MR) is 67.9 cm³/mol. The van der Waals surface area contributed by atoms with Crippen molar-refractivity contribution in [3.63, 3.8) is 0 Å². The Morgan fingerprint density at radius 2 is 2.29 bits per heavy atom. The number of methoxy groups -OCH3 is 1. The molecule has 5 heteroatoms. The molecular weight excluding hydrogens is 216 g/mol. The normalized spacial score (nSPS) is 23.9. The number of anilines is 2. The van der Waals surface area contributed by atoms with Gasteiger partial charge in [-0.25, -0.2) is 9.97 Å². The molecule has 1 fully saturated rings. The lowest BCUT2D eigenvalue weighted by Crippen LogP contribution is -2.30. The van der Waals surface area contributed by atoms with Gasteiger partial charge >= 0.3 is 0 Å². The molecule has 2 rings (SSSR count). The maximum absolute atomic E-state index is 5.75. The second-order valence-corrected chi connectivity index (χ2v) is 4.40. The van der Waals surface area contributed by atoms with Crippen molar-refractivity contribution in [1.29, 1.82) is 0 Å². The van der Waals surface area contributed by atoms with Gasteiger partial charge in [0.05, 0.1) is 12.1 Å². The van der Waals surface area contributed by atoms with Crippen LogP contribution in [0.25, 0.3) is 0 Å². The molecule has 17 heavy (non-hydrogen) atoms. The Balaban J connectivity index is 2.09. The Morgan fingerprint density at radius 1 is 1.47 bits per heavy atom. The lowest BCUT2D eigenvalue weighted by atomic mass is 10.2. The number of aryl methyl sites for hydroxylation is 1. The van der Waals surface area contributed by atoms with Crippen molar-refractivity contribution >= 4 is 11.6 Å². The average Bonchev–Trinajstić information content (AvgIpc) is 2.75. The molecule has 0 saturated heterocycles. The van der Waals surface area contributed by atoms with Crippen LogP contribution in [0.1, 0.15) is 32.0 Å². The third-order valence-electron chi connectivity index (χ3n) is 3.20. The molecule has 5 nitrogen and oxygen atoms in total. The quantitative estimate of drug-likeness (QED) is 0.830. The first-order chi connectivity index (χ1) is 8.22. The van der Waals surface area contributed by atoms with Crippen molar-refractivity contribution in [3.05, 3.63) is 11.9 Å². The summed E-state index contributed by atoms with van der Waals surface area (Å²) in [4.78, 5) is 8.59. The monoisotopic (exact) mass is 236 g/mol. The molecule has 2 atom stereocenters. The molecule has 1 aliphatic carbocycles. The smallest absolute Gasteiger partial charge is 0.132 e. The predicted octanol–water partition coefficient (Wildman–Crippen LogP) is 1.60. The highest BCUT2D eigenvalue weighted by atomic mass is 16.5. The molecule has 1 aromatic heterocycles. The molecule has 0 bridgehead atoms. The molecule has 0 aromatic carbocycles. The van der Waals surface area contributed by atoms with Crippen LogP contribution in [0.4, 0.5) is 11.6 Å². The minimum absolute atomic E-state index is 0.274. The molecule has 1 aromatic rings. The van der Waals surface area contributed by atoms with Crippen molar-refractivity contribution in [2.45, 2.75) is 44.8 Å². The first kappa shape index (κ1) is 12.1. The number of nitrogens with two attached hydrogens (primary N) is 1. The van der Waals surface area contributed by atoms with Crippen LogP contribution in [0.5, 0.6) is 0 Å². The van der Waals surface area contributed by atoms with E-state index in [-0.39, 0.29) is 6.10 Å². The van der Waals surface area contributed by atoms with Crippen LogP contribution >= 0.6 is 0 Å². The third-order valence-corrected chi connectivity index (χ3v) is 3.20. The van der Waals surface area contributed by atoms with E-state index in [1.54, 1.807) is 13.2 Å². The van der Waals surface area contributed by atoms with Crippen molar-refractivity contribution in [1.82, 2.24) is 9.97 Å². The SMILES string of the molecule is CCc1nc(N)cc(NC2CCCC2OC)n1. The molecule has 1 aliphatic rings. The van der Waals surface area contributed by atoms with Crippen LogP contribution in [0, 0.1) is 0 Å². The summed E-state index contributed by atoms with van der Waals surface area (Å²) in [6.45, 7) is 2.02. The number of hydrogen-bond donors (Lipinski definition) is 2. The fraction of sp³-hybridized carbons (Fsp3) is 0.667. The van der Waals surface area contributed by atoms with Gasteiger partial charge in [-0.3, -0.25) is 0 Å². The molecular formula is C12H20N4O. The van der Waals surface area contributed by atoms with Gasteiger partial charge in [0.25, 0.3) is 0 Å². The lowest BCUT2D eigenvalue weighted by Gasteiger charge is -2.20. The van der Waals surface area contributed by atoms with E-state index in [0.717, 1.165) is 30.9 Å². The maximum atomic E-state index is 5.75. The third kappa shape index (κ3) is 2.85. The second-order valence-electron chi connectivity index (χ2n) is 4.40. The first-order valence-electron chi connectivity index (χ1n) is 6.15. The lowest BCUT2D eigenvalue weighted by molar-refractivity contribution is 0.101. The summed E-state index contributed by atoms with van der Waals surface area (Å²) >= 11 is 0. The zero-order valence-corrected chi connectivity index (χ0v) is 10.4. The van der Waals surface area contributed by atoms with Crippen LogP contribution in [-0.4, -0.2) is 29.2 Å². The van der Waals surface area contributed by atoms with E-state index in [2.05, 4.69) is 15.3 Å². The highest BCUT2D eigenvalue weighted by Crippen LogP contribution is 2.24. The number of hydrogen-bond acceptors (Lipinski definition) is 5. The van der Waals surface area contributed by atoms with E-state index in [1.165, 1.54) is 6.42 Å². The Labute approximate surface area is 102 Å². The number of nitrogens with one attached hydrogen (secondary N) is 1. The van der Waals surface area contributed by atoms with Gasteiger partial charge in [0.15, 0.2) is 0 Å². The molecule has 1 saturated carbocycles. The highest BCUT2D eigenvalue weighted by Gasteiger charge is 2.27. The van der Waals surface area contributed by atoms with E-state index in [9.17, 15) is 0 Å². The molecule has 94 valence electrons. The van der Waals surface area contributed by atoms with Crippen LogP contribution < -0.4 is 11.1 Å². The van der Waals surface area contributed by atoms with E-state index < -0.39 is 0 Å². The van der Waals surface area contributed by atoms with Crippen LogP contribution in [0.3, 0.4) is 0 Å². The van der Waals surface area contributed by atoms with Crippen LogP contribution in [0.15, 0.2) is 6.07 Å². The fourth-order valence-electron chi connectivity index (χ4n) is 2.31. The number of rotatable bonds is 4. The molecule has 2 unspecified atom stereocenters. The second kappa shape index (κ2) is 5.31. The van der Waals surface area contributed by atoms with Gasteiger partial charge in [0.1, 0.15) is 17.5 Å². The molecule has 1 heterocycles. The van der Waals surface area contributed by atoms with E-state index in [4.69, 9.17) is 10.5 Å². The summed E-state index contributed by atoms with van der Waals surface area (Å²) in [5.41, 5.74) is 5.75. The Hall–Kier alpha value is -1.36. The fourth-order valence-corrected chi connectivity index (χ4v) is 2.31. The molecule has 0 radical (unpaired) electrons. The van der Waals surface area contributed by atoms with Gasteiger partial charge in [-0.1, -0.05) is 6.92 Å². The minimum Gasteiger partial charge on any atom is -0.384 e. The molecule has 0 amide bonds. The summed E-state index contributed by atoms with van der Waals surface area (Å²) in [7, 11) is 1.76. The summed E-state index contributed by atoms with van der Waals surface area (Å²) in [6, 6.07) is 2.11. The van der Waals surface area contributed by atoms with Gasteiger partial charge in [-0.2, -0.15) is 0 Å². The zero-order valence-electron chi connectivity index (χ0n) is 10.4. The minimum atomic E-state index is 0.274. The number of nitrogens with zero attached hydrogens (tertiary/aromatic N) is 2. The molecule has 0 aliphatic heterocycles. The summed E-state index contributed by atoms with van der Waals surface area (Å²) in [5, 5.41) is 3.40. The summed E-state index contributed by atoms with van der Waals surface area (Å²) in [6.07, 6.45) is 4.48. The number of nitrogen functional groups attached to an aromatic ring is 1. The average molecular weight is 236 g/mol. The standard InChI is InChI=1S/C12H20N4O/c1-3-11-15-10(13)7-12(16-11)14-8-5-4-6-9(8)17-2/h7-9H,3-6H2,1-2H3,(H3,13,14,15,16). The Bertz CT molecular complexity index is 383. The van der Waals surface area contributed by atoms with Gasteiger partial charge in [0, 0.05) is 19.6 Å². The van der Waals surface area contributed by atoms with Crippen molar-refractivity contribution in [3.8, 4) is 0 Å². The van der Waals surface area contributed by atoms with Crippen molar-refractivity contribution < 1.29 is 4.74 Å². The van der Waals surface area contributed by atoms with Gasteiger partial charge < -0.3 is 15.8 Å². The van der Waals surface area contributed by atoms with Gasteiger partial charge in [-0.05, 0) is 19.3 Å². The Kier molecular flexibility index (Phi) is 3.78. The summed E-state index contributed by atoms with van der Waals surface area (Å²) in [5.74, 6) is 2.11. The topological polar surface area (TPSA) is 73.1 Å². The molecule has 3 N–H and O–H groups in total. The zero-order chi connectivity index (χ0) is 12.3. The van der Waals surface area contributed by atoms with Crippen LogP contribution in [-0.2, 0) is 11.2 Å². The number of ether oxygens (including phenoxy) is 1. The van der Waals surface area contributed by atoms with E-state index in [0.29, 0.717) is 11.9 Å². The van der Waals surface area contributed by atoms with Gasteiger partial charge in [-0.15, -0.1) is 0 Å². The van der Waals surface area contributed by atoms with Gasteiger partial charge in [0.2, 0.25) is 0 Å². The largest absolute Gasteiger partial charge is 0.384 e. The number of aromatic nitrogens is 2. The van der Waals surface area contributed by atoms with E-state index >= 15 is 0 Å². The van der Waals surface area contributed by atoms with Crippen molar-refractivity contribution in [2.75, 3.05) is 18.2 Å². The Morgan fingerprint density at radius 3 is 3.00 bits per heavy atom. The summed E-state index contributed by atoms with van der Waals surface area (Å²) < 4.78 is 5.45. The van der Waals surface area contributed by atoms with Crippen molar-refractivity contribution in [2.24, 2.45) is 0 Å². The van der Waals surface area contributed by atoms with Crippen LogP contribution in [0.2, 0.25) is 0 Å². The highest BCUT2D eigenvalue weighted by molar-refractivity contribution is 5.45. The molecule has 0 spiro atoms. The maximum Gasteiger partial charge on any atom is 0.132 e. The first-order valence-corrected chi connectivity index (χ1v) is 6.15. The van der Waals surface area contributed by atoms with E-state index in [1.807, 2.05) is 6.92 Å².